The topological polar surface area (TPSA) is 72.6 Å². The molecule has 108 valence electrons. The zero-order valence-corrected chi connectivity index (χ0v) is 11.7. The second-order valence-corrected chi connectivity index (χ2v) is 5.07. The Morgan fingerprint density at radius 2 is 2.00 bits per heavy atom. The van der Waals surface area contributed by atoms with Gasteiger partial charge in [0.25, 0.3) is 0 Å². The lowest BCUT2D eigenvalue weighted by atomic mass is 10.0. The number of hydrogen-bond acceptors (Lipinski definition) is 4. The molecule has 0 radical (unpaired) electrons. The van der Waals surface area contributed by atoms with E-state index in [0.717, 1.165) is 31.4 Å². The first kappa shape index (κ1) is 14.5. The highest BCUT2D eigenvalue weighted by Gasteiger charge is 2.26. The van der Waals surface area contributed by atoms with Crippen molar-refractivity contribution in [2.75, 3.05) is 13.7 Å². The Morgan fingerprint density at radius 1 is 1.30 bits per heavy atom. The summed E-state index contributed by atoms with van der Waals surface area (Å²) in [5, 5.41) is 0. The average Bonchev–Trinajstić information content (AvgIpc) is 2.47. The van der Waals surface area contributed by atoms with Gasteiger partial charge in [0, 0.05) is 6.54 Å². The molecular weight excluding hydrogens is 256 g/mol. The minimum Gasteiger partial charge on any atom is -0.465 e. The van der Waals surface area contributed by atoms with E-state index in [1.165, 1.54) is 7.11 Å². The van der Waals surface area contributed by atoms with Crippen LogP contribution in [0.3, 0.4) is 0 Å². The standard InChI is InChI=1S/C15H20N2O3/c1-20-15(19)12-7-5-11(6-8-12)10-17-9-3-2-4-13(17)14(16)18/h5-8,13H,2-4,9-10H2,1H3,(H2,16,18). The Kier molecular flexibility index (Phi) is 4.74. The van der Waals surface area contributed by atoms with Crippen molar-refractivity contribution in [2.24, 2.45) is 5.73 Å². The summed E-state index contributed by atoms with van der Waals surface area (Å²) in [5.74, 6) is -0.597. The fourth-order valence-electron chi connectivity index (χ4n) is 2.60. The quantitative estimate of drug-likeness (QED) is 0.842. The maximum atomic E-state index is 11.5. The van der Waals surface area contributed by atoms with Crippen LogP contribution in [-0.2, 0) is 16.1 Å². The van der Waals surface area contributed by atoms with Gasteiger partial charge in [0.15, 0.2) is 0 Å². The van der Waals surface area contributed by atoms with E-state index in [-0.39, 0.29) is 17.9 Å². The highest BCUT2D eigenvalue weighted by Crippen LogP contribution is 2.19. The molecule has 0 spiro atoms. The molecule has 1 heterocycles. The van der Waals surface area contributed by atoms with Gasteiger partial charge < -0.3 is 10.5 Å². The molecule has 1 saturated heterocycles. The van der Waals surface area contributed by atoms with Crippen molar-refractivity contribution in [3.8, 4) is 0 Å². The number of ether oxygens (including phenoxy) is 1. The SMILES string of the molecule is COC(=O)c1ccc(CN2CCCCC2C(N)=O)cc1. The Bertz CT molecular complexity index is 484. The molecule has 1 amide bonds. The summed E-state index contributed by atoms with van der Waals surface area (Å²) < 4.78 is 4.66. The van der Waals surface area contributed by atoms with E-state index in [2.05, 4.69) is 9.64 Å². The van der Waals surface area contributed by atoms with Crippen LogP contribution in [0.25, 0.3) is 0 Å². The molecule has 0 saturated carbocycles. The van der Waals surface area contributed by atoms with Crippen LogP contribution < -0.4 is 5.73 Å². The van der Waals surface area contributed by atoms with Gasteiger partial charge in [0.2, 0.25) is 5.91 Å². The Hall–Kier alpha value is -1.88. The normalized spacial score (nSPS) is 19.6. The zero-order valence-electron chi connectivity index (χ0n) is 11.7. The van der Waals surface area contributed by atoms with E-state index in [9.17, 15) is 9.59 Å². The molecule has 0 aromatic heterocycles. The number of esters is 1. The van der Waals surface area contributed by atoms with Crippen LogP contribution in [0.1, 0.15) is 35.2 Å². The summed E-state index contributed by atoms with van der Waals surface area (Å²) in [6, 6.07) is 7.08. The molecule has 1 fully saturated rings. The molecule has 1 aromatic carbocycles. The number of hydrogen-bond donors (Lipinski definition) is 1. The lowest BCUT2D eigenvalue weighted by molar-refractivity contribution is -0.124. The summed E-state index contributed by atoms with van der Waals surface area (Å²) in [7, 11) is 1.36. The number of nitrogens with two attached hydrogens (primary N) is 1. The van der Waals surface area contributed by atoms with Crippen LogP contribution in [0.4, 0.5) is 0 Å². The van der Waals surface area contributed by atoms with Crippen molar-refractivity contribution in [1.82, 2.24) is 4.90 Å². The van der Waals surface area contributed by atoms with E-state index in [0.29, 0.717) is 12.1 Å². The van der Waals surface area contributed by atoms with Crippen LogP contribution in [-0.4, -0.2) is 36.5 Å². The third kappa shape index (κ3) is 3.36. The van der Waals surface area contributed by atoms with Gasteiger partial charge in [0.1, 0.15) is 0 Å². The Labute approximate surface area is 118 Å². The molecule has 20 heavy (non-hydrogen) atoms. The van der Waals surface area contributed by atoms with E-state index in [1.54, 1.807) is 12.1 Å². The Balaban J connectivity index is 2.05. The first-order valence-corrected chi connectivity index (χ1v) is 6.82. The number of benzene rings is 1. The van der Waals surface area contributed by atoms with Gasteiger partial charge in [-0.15, -0.1) is 0 Å². The molecule has 2 rings (SSSR count). The fraction of sp³-hybridized carbons (Fsp3) is 0.467. The Morgan fingerprint density at radius 3 is 2.60 bits per heavy atom. The molecule has 5 heteroatoms. The number of likely N-dealkylation sites (tertiary alicyclic amines) is 1. The van der Waals surface area contributed by atoms with Gasteiger partial charge >= 0.3 is 5.97 Å². The van der Waals surface area contributed by atoms with Crippen molar-refractivity contribution in [2.45, 2.75) is 31.8 Å². The number of primary amides is 1. The molecular formula is C15H20N2O3. The lowest BCUT2D eigenvalue weighted by Gasteiger charge is -2.33. The number of nitrogens with zero attached hydrogens (tertiary/aromatic N) is 1. The first-order chi connectivity index (χ1) is 9.61. The molecule has 1 atom stereocenters. The number of methoxy groups -OCH3 is 1. The van der Waals surface area contributed by atoms with Gasteiger partial charge in [-0.3, -0.25) is 9.69 Å². The molecule has 1 aliphatic heterocycles. The maximum Gasteiger partial charge on any atom is 0.337 e. The fourth-order valence-corrected chi connectivity index (χ4v) is 2.60. The monoisotopic (exact) mass is 276 g/mol. The average molecular weight is 276 g/mol. The number of carbonyl (C=O) groups excluding carboxylic acids is 2. The minimum absolute atomic E-state index is 0.177. The van der Waals surface area contributed by atoms with Crippen LogP contribution in [0.5, 0.6) is 0 Å². The van der Waals surface area contributed by atoms with Crippen molar-refractivity contribution in [3.63, 3.8) is 0 Å². The predicted molar refractivity (Wildman–Crippen MR) is 75.0 cm³/mol. The number of piperidine rings is 1. The van der Waals surface area contributed by atoms with E-state index >= 15 is 0 Å². The van der Waals surface area contributed by atoms with Crippen LogP contribution in [0.2, 0.25) is 0 Å². The molecule has 1 aliphatic rings. The van der Waals surface area contributed by atoms with Gasteiger partial charge in [-0.2, -0.15) is 0 Å². The van der Waals surface area contributed by atoms with Gasteiger partial charge in [0.05, 0.1) is 18.7 Å². The van der Waals surface area contributed by atoms with Crippen molar-refractivity contribution in [1.29, 1.82) is 0 Å². The van der Waals surface area contributed by atoms with E-state index in [4.69, 9.17) is 5.73 Å². The molecule has 1 unspecified atom stereocenters. The summed E-state index contributed by atoms with van der Waals surface area (Å²) in [6.45, 7) is 1.56. The molecule has 1 aromatic rings. The third-order valence-electron chi connectivity index (χ3n) is 3.70. The molecule has 0 aliphatic carbocycles. The van der Waals surface area contributed by atoms with Gasteiger partial charge in [-0.25, -0.2) is 4.79 Å². The van der Waals surface area contributed by atoms with Gasteiger partial charge in [-0.05, 0) is 37.1 Å². The minimum atomic E-state index is -0.343. The highest BCUT2D eigenvalue weighted by molar-refractivity contribution is 5.89. The smallest absolute Gasteiger partial charge is 0.337 e. The lowest BCUT2D eigenvalue weighted by Crippen LogP contribution is -2.47. The number of carbonyl (C=O) groups is 2. The van der Waals surface area contributed by atoms with E-state index < -0.39 is 0 Å². The second kappa shape index (κ2) is 6.52. The van der Waals surface area contributed by atoms with Crippen molar-refractivity contribution >= 4 is 11.9 Å². The number of rotatable bonds is 4. The van der Waals surface area contributed by atoms with Crippen molar-refractivity contribution < 1.29 is 14.3 Å². The van der Waals surface area contributed by atoms with Crippen LogP contribution in [0, 0.1) is 0 Å². The van der Waals surface area contributed by atoms with Gasteiger partial charge in [-0.1, -0.05) is 18.6 Å². The summed E-state index contributed by atoms with van der Waals surface area (Å²) >= 11 is 0. The highest BCUT2D eigenvalue weighted by atomic mass is 16.5. The first-order valence-electron chi connectivity index (χ1n) is 6.82. The summed E-state index contributed by atoms with van der Waals surface area (Å²) in [6.07, 6.45) is 2.96. The molecule has 0 bridgehead atoms. The third-order valence-corrected chi connectivity index (χ3v) is 3.70. The maximum absolute atomic E-state index is 11.5. The predicted octanol–water partition coefficient (Wildman–Crippen LogP) is 1.31. The molecule has 2 N–H and O–H groups in total. The summed E-state index contributed by atoms with van der Waals surface area (Å²) in [5.41, 5.74) is 7.04. The number of amides is 1. The van der Waals surface area contributed by atoms with Crippen LogP contribution >= 0.6 is 0 Å². The zero-order chi connectivity index (χ0) is 14.5. The van der Waals surface area contributed by atoms with Crippen molar-refractivity contribution in [3.05, 3.63) is 35.4 Å². The second-order valence-electron chi connectivity index (χ2n) is 5.07. The largest absolute Gasteiger partial charge is 0.465 e. The van der Waals surface area contributed by atoms with Crippen LogP contribution in [0.15, 0.2) is 24.3 Å². The molecule has 5 nitrogen and oxygen atoms in total. The van der Waals surface area contributed by atoms with E-state index in [1.807, 2.05) is 12.1 Å². The summed E-state index contributed by atoms with van der Waals surface area (Å²) in [4.78, 5) is 24.9.